The van der Waals surface area contributed by atoms with Crippen LogP contribution in [0.3, 0.4) is 0 Å². The van der Waals surface area contributed by atoms with E-state index < -0.39 is 4.92 Å². The third kappa shape index (κ3) is 5.16. The van der Waals surface area contributed by atoms with Gasteiger partial charge < -0.3 is 10.6 Å². The highest BCUT2D eigenvalue weighted by molar-refractivity contribution is 6.35. The number of carbonyl (C=O) groups is 1. The Hall–Kier alpha value is -2.15. The summed E-state index contributed by atoms with van der Waals surface area (Å²) in [6, 6.07) is 9.33. The Bertz CT molecular complexity index is 812. The number of hydrogen-bond acceptors (Lipinski definition) is 4. The average molecular weight is 382 g/mol. The van der Waals surface area contributed by atoms with Gasteiger partial charge in [-0.05, 0) is 37.1 Å². The summed E-state index contributed by atoms with van der Waals surface area (Å²) in [4.78, 5) is 22.5. The van der Waals surface area contributed by atoms with E-state index in [1.54, 1.807) is 31.2 Å². The molecule has 0 heterocycles. The van der Waals surface area contributed by atoms with Crippen molar-refractivity contribution in [2.24, 2.45) is 0 Å². The molecule has 0 aromatic heterocycles. The standard InChI is InChI=1S/C17H17Cl2N3O3/c1-10-3-5-13(22(24)25)8-16(10)21-17(23)9-20-11(2)14-6-4-12(18)7-15(14)19/h3-8,11,20H,9H2,1-2H3,(H,21,23)/t11-/m1/s1. The Labute approximate surface area is 155 Å². The lowest BCUT2D eigenvalue weighted by atomic mass is 10.1. The molecule has 0 aliphatic carbocycles. The molecule has 1 amide bonds. The molecule has 1 atom stereocenters. The van der Waals surface area contributed by atoms with Gasteiger partial charge in [-0.2, -0.15) is 0 Å². The van der Waals surface area contributed by atoms with Crippen molar-refractivity contribution in [3.05, 3.63) is 67.7 Å². The smallest absolute Gasteiger partial charge is 0.271 e. The van der Waals surface area contributed by atoms with E-state index in [1.807, 2.05) is 6.92 Å². The number of benzene rings is 2. The first-order chi connectivity index (χ1) is 11.8. The summed E-state index contributed by atoms with van der Waals surface area (Å²) in [6.07, 6.45) is 0. The molecule has 0 unspecified atom stereocenters. The first-order valence-electron chi connectivity index (χ1n) is 7.51. The summed E-state index contributed by atoms with van der Waals surface area (Å²) >= 11 is 12.0. The van der Waals surface area contributed by atoms with Crippen molar-refractivity contribution in [2.75, 3.05) is 11.9 Å². The Morgan fingerprint density at radius 3 is 2.60 bits per heavy atom. The van der Waals surface area contributed by atoms with E-state index >= 15 is 0 Å². The minimum atomic E-state index is -0.502. The maximum atomic E-state index is 12.1. The third-order valence-electron chi connectivity index (χ3n) is 3.70. The van der Waals surface area contributed by atoms with E-state index in [4.69, 9.17) is 23.2 Å². The lowest BCUT2D eigenvalue weighted by Gasteiger charge is -2.16. The zero-order valence-corrected chi connectivity index (χ0v) is 15.2. The van der Waals surface area contributed by atoms with Crippen molar-refractivity contribution >= 4 is 40.5 Å². The molecule has 8 heteroatoms. The Morgan fingerprint density at radius 2 is 1.96 bits per heavy atom. The first-order valence-corrected chi connectivity index (χ1v) is 8.26. The van der Waals surface area contributed by atoms with E-state index in [-0.39, 0.29) is 24.2 Å². The molecule has 2 rings (SSSR count). The predicted molar refractivity (Wildman–Crippen MR) is 99.3 cm³/mol. The number of halogens is 2. The molecule has 2 N–H and O–H groups in total. The molecule has 25 heavy (non-hydrogen) atoms. The van der Waals surface area contributed by atoms with Crippen LogP contribution in [-0.4, -0.2) is 17.4 Å². The number of nitrogens with one attached hydrogen (secondary N) is 2. The highest BCUT2D eigenvalue weighted by atomic mass is 35.5. The van der Waals surface area contributed by atoms with Gasteiger partial charge in [-0.25, -0.2) is 0 Å². The molecular weight excluding hydrogens is 365 g/mol. The molecule has 0 saturated heterocycles. The molecule has 2 aromatic carbocycles. The number of nitro benzene ring substituents is 1. The second-order valence-electron chi connectivity index (χ2n) is 5.57. The Morgan fingerprint density at radius 1 is 1.24 bits per heavy atom. The minimum absolute atomic E-state index is 0.0300. The van der Waals surface area contributed by atoms with Gasteiger partial charge in [0.1, 0.15) is 0 Å². The zero-order chi connectivity index (χ0) is 18.6. The summed E-state index contributed by atoms with van der Waals surface area (Å²) in [5.41, 5.74) is 1.91. The number of carbonyl (C=O) groups excluding carboxylic acids is 1. The molecule has 132 valence electrons. The largest absolute Gasteiger partial charge is 0.324 e. The lowest BCUT2D eigenvalue weighted by Crippen LogP contribution is -2.30. The van der Waals surface area contributed by atoms with Gasteiger partial charge >= 0.3 is 0 Å². The van der Waals surface area contributed by atoms with Gasteiger partial charge in [-0.3, -0.25) is 14.9 Å². The number of anilines is 1. The van der Waals surface area contributed by atoms with Crippen molar-refractivity contribution in [1.29, 1.82) is 0 Å². The maximum Gasteiger partial charge on any atom is 0.271 e. The Balaban J connectivity index is 1.99. The number of non-ortho nitro benzene ring substituents is 1. The fourth-order valence-corrected chi connectivity index (χ4v) is 2.83. The van der Waals surface area contributed by atoms with Crippen molar-refractivity contribution < 1.29 is 9.72 Å². The normalized spacial score (nSPS) is 11.8. The van der Waals surface area contributed by atoms with Crippen molar-refractivity contribution in [3.63, 3.8) is 0 Å². The van der Waals surface area contributed by atoms with Crippen LogP contribution in [0.25, 0.3) is 0 Å². The molecule has 0 saturated carbocycles. The van der Waals surface area contributed by atoms with Crippen molar-refractivity contribution in [2.45, 2.75) is 19.9 Å². The summed E-state index contributed by atoms with van der Waals surface area (Å²) < 4.78 is 0. The van der Waals surface area contributed by atoms with Crippen LogP contribution in [0.4, 0.5) is 11.4 Å². The molecule has 0 radical (unpaired) electrons. The van der Waals surface area contributed by atoms with E-state index in [2.05, 4.69) is 10.6 Å². The fourth-order valence-electron chi connectivity index (χ4n) is 2.26. The van der Waals surface area contributed by atoms with Gasteiger partial charge in [0.15, 0.2) is 0 Å². The molecule has 2 aromatic rings. The number of aryl methyl sites for hydroxylation is 1. The number of nitro groups is 1. The second kappa shape index (κ2) is 8.29. The second-order valence-corrected chi connectivity index (χ2v) is 6.42. The highest BCUT2D eigenvalue weighted by Gasteiger charge is 2.14. The highest BCUT2D eigenvalue weighted by Crippen LogP contribution is 2.26. The Kier molecular flexibility index (Phi) is 6.36. The fraction of sp³-hybridized carbons (Fsp3) is 0.235. The van der Waals surface area contributed by atoms with Crippen LogP contribution in [-0.2, 0) is 4.79 Å². The van der Waals surface area contributed by atoms with Crippen LogP contribution >= 0.6 is 23.2 Å². The van der Waals surface area contributed by atoms with Gasteiger partial charge in [-0.15, -0.1) is 0 Å². The molecule has 0 fully saturated rings. The number of rotatable bonds is 6. The van der Waals surface area contributed by atoms with Gasteiger partial charge in [0, 0.05) is 28.2 Å². The monoisotopic (exact) mass is 381 g/mol. The summed E-state index contributed by atoms with van der Waals surface area (Å²) in [5, 5.41) is 17.6. The van der Waals surface area contributed by atoms with Gasteiger partial charge in [-0.1, -0.05) is 35.3 Å². The van der Waals surface area contributed by atoms with Gasteiger partial charge in [0.05, 0.1) is 17.2 Å². The van der Waals surface area contributed by atoms with Crippen LogP contribution in [0.1, 0.15) is 24.1 Å². The van der Waals surface area contributed by atoms with E-state index in [9.17, 15) is 14.9 Å². The zero-order valence-electron chi connectivity index (χ0n) is 13.7. The van der Waals surface area contributed by atoms with Gasteiger partial charge in [0.2, 0.25) is 5.91 Å². The van der Waals surface area contributed by atoms with Crippen LogP contribution in [0.5, 0.6) is 0 Å². The molecular formula is C17H17Cl2N3O3. The summed E-state index contributed by atoms with van der Waals surface area (Å²) in [5.74, 6) is -0.305. The van der Waals surface area contributed by atoms with Crippen LogP contribution in [0, 0.1) is 17.0 Å². The summed E-state index contributed by atoms with van der Waals surface area (Å²) in [6.45, 7) is 3.67. The number of hydrogen-bond donors (Lipinski definition) is 2. The maximum absolute atomic E-state index is 12.1. The molecule has 6 nitrogen and oxygen atoms in total. The number of nitrogens with zero attached hydrogens (tertiary/aromatic N) is 1. The molecule has 0 aliphatic rings. The van der Waals surface area contributed by atoms with Crippen molar-refractivity contribution in [3.8, 4) is 0 Å². The summed E-state index contributed by atoms with van der Waals surface area (Å²) in [7, 11) is 0. The van der Waals surface area contributed by atoms with E-state index in [0.29, 0.717) is 15.7 Å². The molecule has 0 spiro atoms. The topological polar surface area (TPSA) is 84.3 Å². The van der Waals surface area contributed by atoms with E-state index in [1.165, 1.54) is 12.1 Å². The third-order valence-corrected chi connectivity index (χ3v) is 4.27. The van der Waals surface area contributed by atoms with Crippen molar-refractivity contribution in [1.82, 2.24) is 5.32 Å². The quantitative estimate of drug-likeness (QED) is 0.569. The predicted octanol–water partition coefficient (Wildman–Crippen LogP) is 4.50. The van der Waals surface area contributed by atoms with Crippen LogP contribution in [0.2, 0.25) is 10.0 Å². The SMILES string of the molecule is Cc1ccc([N+](=O)[O-])cc1NC(=O)CN[C@H](C)c1ccc(Cl)cc1Cl. The first kappa shape index (κ1) is 19.2. The lowest BCUT2D eigenvalue weighted by molar-refractivity contribution is -0.384. The average Bonchev–Trinajstić information content (AvgIpc) is 2.54. The minimum Gasteiger partial charge on any atom is -0.324 e. The van der Waals surface area contributed by atoms with E-state index in [0.717, 1.165) is 11.1 Å². The van der Waals surface area contributed by atoms with Gasteiger partial charge in [0.25, 0.3) is 5.69 Å². The van der Waals surface area contributed by atoms with Crippen LogP contribution in [0.15, 0.2) is 36.4 Å². The number of amides is 1. The van der Waals surface area contributed by atoms with Crippen LogP contribution < -0.4 is 10.6 Å². The molecule has 0 aliphatic heterocycles. The molecule has 0 bridgehead atoms.